The third-order valence-corrected chi connectivity index (χ3v) is 1.53. The Hall–Kier alpha value is -1.82. The average Bonchev–Trinajstić information content (AvgIpc) is 2.33. The minimum absolute atomic E-state index is 0.351. The van der Waals surface area contributed by atoms with Crippen molar-refractivity contribution in [2.75, 3.05) is 6.61 Å². The summed E-state index contributed by atoms with van der Waals surface area (Å²) in [6.07, 6.45) is 1.47. The van der Waals surface area contributed by atoms with E-state index in [9.17, 15) is 4.79 Å². The molecule has 0 aliphatic rings. The number of carbonyl (C=O) groups is 1. The maximum atomic E-state index is 11.2. The van der Waals surface area contributed by atoms with Crippen LogP contribution in [0.25, 0.3) is 0 Å². The second kappa shape index (κ2) is 8.49. The molecule has 0 atom stereocenters. The molecule has 3 nitrogen and oxygen atoms in total. The maximum Gasteiger partial charge on any atom is 0.339 e. The van der Waals surface area contributed by atoms with Crippen LogP contribution in [0, 0.1) is 11.8 Å². The fourth-order valence-corrected chi connectivity index (χ4v) is 0.931. The minimum Gasteiger partial charge on any atom is -0.462 e. The number of esters is 1. The Morgan fingerprint density at radius 3 is 2.56 bits per heavy atom. The normalized spacial score (nSPS) is 8.00. The zero-order valence-corrected chi connectivity index (χ0v) is 10.2. The number of hydrogen-bond donors (Lipinski definition) is 0. The van der Waals surface area contributed by atoms with Crippen LogP contribution < -0.4 is 0 Å². The molecule has 0 saturated carbocycles. The second-order valence-corrected chi connectivity index (χ2v) is 2.53. The highest BCUT2D eigenvalue weighted by molar-refractivity contribution is 5.89. The van der Waals surface area contributed by atoms with Gasteiger partial charge >= 0.3 is 5.97 Å². The van der Waals surface area contributed by atoms with Gasteiger partial charge in [-0.3, -0.25) is 0 Å². The van der Waals surface area contributed by atoms with E-state index in [2.05, 4.69) is 16.8 Å². The van der Waals surface area contributed by atoms with Gasteiger partial charge in [-0.2, -0.15) is 0 Å². The molecule has 1 heterocycles. The Balaban J connectivity index is 0.00000106. The van der Waals surface area contributed by atoms with E-state index in [1.807, 2.05) is 13.8 Å². The van der Waals surface area contributed by atoms with Gasteiger partial charge < -0.3 is 4.74 Å². The number of rotatable bonds is 2. The third kappa shape index (κ3) is 4.61. The molecule has 0 aliphatic carbocycles. The zero-order chi connectivity index (χ0) is 12.4. The fraction of sp³-hybridized carbons (Fsp3) is 0.385. The van der Waals surface area contributed by atoms with Crippen molar-refractivity contribution in [3.63, 3.8) is 0 Å². The molecule has 3 heteroatoms. The van der Waals surface area contributed by atoms with Gasteiger partial charge in [0, 0.05) is 6.20 Å². The van der Waals surface area contributed by atoms with Gasteiger partial charge in [-0.1, -0.05) is 19.8 Å². The van der Waals surface area contributed by atoms with E-state index in [0.29, 0.717) is 17.9 Å². The van der Waals surface area contributed by atoms with Crippen molar-refractivity contribution in [2.24, 2.45) is 0 Å². The van der Waals surface area contributed by atoms with E-state index in [1.54, 1.807) is 26.0 Å². The molecule has 0 saturated heterocycles. The molecular formula is C13H17NO2. The van der Waals surface area contributed by atoms with E-state index in [0.717, 1.165) is 0 Å². The Kier molecular flexibility index (Phi) is 7.52. The largest absolute Gasteiger partial charge is 0.462 e. The highest BCUT2D eigenvalue weighted by atomic mass is 16.5. The van der Waals surface area contributed by atoms with Crippen LogP contribution in [0.4, 0.5) is 0 Å². The van der Waals surface area contributed by atoms with Gasteiger partial charge in [-0.15, -0.1) is 0 Å². The maximum absolute atomic E-state index is 11.2. The molecule has 0 N–H and O–H groups in total. The van der Waals surface area contributed by atoms with Crippen LogP contribution in [-0.2, 0) is 4.74 Å². The summed E-state index contributed by atoms with van der Waals surface area (Å²) >= 11 is 0. The van der Waals surface area contributed by atoms with Crippen LogP contribution in [0.1, 0.15) is 43.7 Å². The molecule has 0 bridgehead atoms. The van der Waals surface area contributed by atoms with E-state index in [1.165, 1.54) is 6.20 Å². The Labute approximate surface area is 96.9 Å². The van der Waals surface area contributed by atoms with Gasteiger partial charge in [-0.25, -0.2) is 9.78 Å². The minimum atomic E-state index is -0.351. The highest BCUT2D eigenvalue weighted by Gasteiger charge is 2.05. The number of hydrogen-bond acceptors (Lipinski definition) is 3. The summed E-state index contributed by atoms with van der Waals surface area (Å²) in [4.78, 5) is 15.2. The summed E-state index contributed by atoms with van der Waals surface area (Å²) in [6, 6.07) is 3.35. The third-order valence-electron chi connectivity index (χ3n) is 1.53. The topological polar surface area (TPSA) is 39.2 Å². The molecule has 1 rings (SSSR count). The lowest BCUT2D eigenvalue weighted by Crippen LogP contribution is -2.04. The first-order chi connectivity index (χ1) is 7.77. The molecule has 0 unspecified atom stereocenters. The number of carbonyl (C=O) groups excluding carboxylic acids is 1. The van der Waals surface area contributed by atoms with Crippen molar-refractivity contribution < 1.29 is 9.53 Å². The zero-order valence-electron chi connectivity index (χ0n) is 10.2. The van der Waals surface area contributed by atoms with Crippen LogP contribution in [0.2, 0.25) is 0 Å². The molecule has 86 valence electrons. The summed E-state index contributed by atoms with van der Waals surface area (Å²) < 4.78 is 4.81. The van der Waals surface area contributed by atoms with Crippen LogP contribution >= 0.6 is 0 Å². The van der Waals surface area contributed by atoms with Crippen LogP contribution in [0.15, 0.2) is 18.3 Å². The molecule has 0 spiro atoms. The van der Waals surface area contributed by atoms with E-state index < -0.39 is 0 Å². The SMILES string of the molecule is CC.CC#Cc1ccc(C(=O)OCC)cn1. The van der Waals surface area contributed by atoms with Crippen molar-refractivity contribution in [2.45, 2.75) is 27.7 Å². The summed E-state index contributed by atoms with van der Waals surface area (Å²) in [5.41, 5.74) is 1.11. The van der Waals surface area contributed by atoms with Gasteiger partial charge in [0.2, 0.25) is 0 Å². The number of ether oxygens (including phenoxy) is 1. The molecule has 16 heavy (non-hydrogen) atoms. The number of nitrogens with zero attached hydrogens (tertiary/aromatic N) is 1. The Bertz CT molecular complexity index is 371. The van der Waals surface area contributed by atoms with Crippen molar-refractivity contribution in [3.05, 3.63) is 29.6 Å². The number of pyridine rings is 1. The Morgan fingerprint density at radius 2 is 2.12 bits per heavy atom. The quantitative estimate of drug-likeness (QED) is 0.567. The lowest BCUT2D eigenvalue weighted by atomic mass is 10.2. The average molecular weight is 219 g/mol. The molecule has 1 aromatic rings. The molecule has 0 aliphatic heterocycles. The first-order valence-electron chi connectivity index (χ1n) is 5.34. The smallest absolute Gasteiger partial charge is 0.339 e. The fourth-order valence-electron chi connectivity index (χ4n) is 0.931. The van der Waals surface area contributed by atoms with Crippen molar-refractivity contribution in [3.8, 4) is 11.8 Å². The summed E-state index contributed by atoms with van der Waals surface area (Å²) in [6.45, 7) is 7.87. The summed E-state index contributed by atoms with van der Waals surface area (Å²) in [7, 11) is 0. The molecule has 1 aromatic heterocycles. The second-order valence-electron chi connectivity index (χ2n) is 2.53. The standard InChI is InChI=1S/C11H11NO2.C2H6/c1-3-5-10-7-6-9(8-12-10)11(13)14-4-2;1-2/h6-8H,4H2,1-2H3;1-2H3. The van der Waals surface area contributed by atoms with Crippen molar-refractivity contribution >= 4 is 5.97 Å². The molecule has 0 aromatic carbocycles. The molecule has 0 amide bonds. The van der Waals surface area contributed by atoms with E-state index >= 15 is 0 Å². The molecule has 0 radical (unpaired) electrons. The molecule has 0 fully saturated rings. The Morgan fingerprint density at radius 1 is 1.44 bits per heavy atom. The number of aromatic nitrogens is 1. The van der Waals surface area contributed by atoms with Gasteiger partial charge in [0.05, 0.1) is 12.2 Å². The first kappa shape index (κ1) is 14.2. The van der Waals surface area contributed by atoms with Gasteiger partial charge in [0.15, 0.2) is 0 Å². The highest BCUT2D eigenvalue weighted by Crippen LogP contribution is 2.01. The van der Waals surface area contributed by atoms with Crippen LogP contribution in [0.5, 0.6) is 0 Å². The first-order valence-corrected chi connectivity index (χ1v) is 5.34. The van der Waals surface area contributed by atoms with Gasteiger partial charge in [0.1, 0.15) is 5.69 Å². The summed E-state index contributed by atoms with van der Waals surface area (Å²) in [5.74, 6) is 5.17. The summed E-state index contributed by atoms with van der Waals surface area (Å²) in [5, 5.41) is 0. The van der Waals surface area contributed by atoms with E-state index in [-0.39, 0.29) is 5.97 Å². The van der Waals surface area contributed by atoms with Gasteiger partial charge in [-0.05, 0) is 31.9 Å². The van der Waals surface area contributed by atoms with E-state index in [4.69, 9.17) is 4.74 Å². The lowest BCUT2D eigenvalue weighted by Gasteiger charge is -2.00. The predicted octanol–water partition coefficient (Wildman–Crippen LogP) is 2.66. The van der Waals surface area contributed by atoms with Crippen molar-refractivity contribution in [1.82, 2.24) is 4.98 Å². The van der Waals surface area contributed by atoms with Crippen LogP contribution in [0.3, 0.4) is 0 Å². The van der Waals surface area contributed by atoms with Gasteiger partial charge in [0.25, 0.3) is 0 Å². The van der Waals surface area contributed by atoms with Crippen LogP contribution in [-0.4, -0.2) is 17.6 Å². The lowest BCUT2D eigenvalue weighted by molar-refractivity contribution is 0.0526. The monoisotopic (exact) mass is 219 g/mol. The molecular weight excluding hydrogens is 202 g/mol. The predicted molar refractivity (Wildman–Crippen MR) is 64.1 cm³/mol. The van der Waals surface area contributed by atoms with Crippen molar-refractivity contribution in [1.29, 1.82) is 0 Å².